The second-order valence-corrected chi connectivity index (χ2v) is 7.87. The largest absolute Gasteiger partial charge is 0.395 e. The van der Waals surface area contributed by atoms with E-state index in [0.29, 0.717) is 18.2 Å². The zero-order valence-electron chi connectivity index (χ0n) is 16.4. The number of aromatic nitrogens is 1. The van der Waals surface area contributed by atoms with Crippen molar-refractivity contribution in [2.75, 3.05) is 20.2 Å². The highest BCUT2D eigenvalue weighted by molar-refractivity contribution is 6.00. The summed E-state index contributed by atoms with van der Waals surface area (Å²) in [5.41, 5.74) is 3.69. The molecule has 148 valence electrons. The molecule has 7 heteroatoms. The predicted octanol–water partition coefficient (Wildman–Crippen LogP) is 2.47. The van der Waals surface area contributed by atoms with Crippen LogP contribution < -0.4 is 0 Å². The Morgan fingerprint density at radius 1 is 1.39 bits per heavy atom. The maximum atomic E-state index is 12.9. The summed E-state index contributed by atoms with van der Waals surface area (Å²) in [7, 11) is 1.60. The van der Waals surface area contributed by atoms with Gasteiger partial charge in [-0.2, -0.15) is 0 Å². The molecule has 2 aromatic rings. The van der Waals surface area contributed by atoms with Crippen molar-refractivity contribution >= 4 is 11.8 Å². The van der Waals surface area contributed by atoms with Gasteiger partial charge in [-0.15, -0.1) is 0 Å². The van der Waals surface area contributed by atoms with Gasteiger partial charge in [0.15, 0.2) is 11.5 Å². The van der Waals surface area contributed by atoms with Crippen LogP contribution in [0.4, 0.5) is 0 Å². The van der Waals surface area contributed by atoms with E-state index in [1.807, 2.05) is 24.0 Å². The fourth-order valence-electron chi connectivity index (χ4n) is 3.95. The smallest absolute Gasteiger partial charge is 0.275 e. The van der Waals surface area contributed by atoms with Crippen LogP contribution in [0.2, 0.25) is 0 Å². The Hall–Kier alpha value is -2.67. The number of hydrogen-bond acceptors (Lipinski definition) is 5. The van der Waals surface area contributed by atoms with Gasteiger partial charge in [0.25, 0.3) is 11.8 Å². The molecular weight excluding hydrogens is 358 g/mol. The fourth-order valence-corrected chi connectivity index (χ4v) is 3.95. The number of hydrogen-bond donors (Lipinski definition) is 1. The minimum atomic E-state index is -0.304. The summed E-state index contributed by atoms with van der Waals surface area (Å²) in [4.78, 5) is 28.6. The highest BCUT2D eigenvalue weighted by atomic mass is 16.5. The van der Waals surface area contributed by atoms with Gasteiger partial charge < -0.3 is 19.4 Å². The maximum Gasteiger partial charge on any atom is 0.275 e. The van der Waals surface area contributed by atoms with E-state index in [0.717, 1.165) is 22.3 Å². The third-order valence-electron chi connectivity index (χ3n) is 5.82. The van der Waals surface area contributed by atoms with E-state index >= 15 is 0 Å². The fraction of sp³-hybridized carbons (Fsp3) is 0.476. The molecule has 1 atom stereocenters. The Balaban J connectivity index is 1.60. The number of nitrogens with zero attached hydrogens (tertiary/aromatic N) is 3. The Labute approximate surface area is 163 Å². The van der Waals surface area contributed by atoms with Gasteiger partial charge in [-0.05, 0) is 55.9 Å². The highest BCUT2D eigenvalue weighted by Crippen LogP contribution is 2.39. The van der Waals surface area contributed by atoms with Crippen molar-refractivity contribution in [1.29, 1.82) is 0 Å². The second-order valence-electron chi connectivity index (χ2n) is 7.87. The molecule has 1 aromatic carbocycles. The summed E-state index contributed by atoms with van der Waals surface area (Å²) < 4.78 is 5.41. The molecule has 2 heterocycles. The predicted molar refractivity (Wildman–Crippen MR) is 103 cm³/mol. The van der Waals surface area contributed by atoms with Gasteiger partial charge in [0, 0.05) is 43.4 Å². The summed E-state index contributed by atoms with van der Waals surface area (Å²) in [6.07, 6.45) is 2.40. The average Bonchev–Trinajstić information content (AvgIpc) is 3.30. The van der Waals surface area contributed by atoms with Crippen LogP contribution in [0.15, 0.2) is 22.7 Å². The number of amides is 2. The highest BCUT2D eigenvalue weighted by Gasteiger charge is 2.39. The topological polar surface area (TPSA) is 86.9 Å². The Morgan fingerprint density at radius 3 is 2.82 bits per heavy atom. The number of aliphatic hydroxyl groups excluding tert-OH is 1. The van der Waals surface area contributed by atoms with E-state index < -0.39 is 0 Å². The molecule has 0 spiro atoms. The van der Waals surface area contributed by atoms with E-state index in [1.54, 1.807) is 13.1 Å². The van der Waals surface area contributed by atoms with Crippen molar-refractivity contribution in [1.82, 2.24) is 15.0 Å². The number of aliphatic hydroxyl groups is 1. The van der Waals surface area contributed by atoms with Gasteiger partial charge in [0.05, 0.1) is 6.61 Å². The van der Waals surface area contributed by atoms with Crippen LogP contribution in [0.5, 0.6) is 0 Å². The van der Waals surface area contributed by atoms with E-state index in [4.69, 9.17) is 9.63 Å². The first-order valence-electron chi connectivity index (χ1n) is 9.68. The third-order valence-corrected chi connectivity index (χ3v) is 5.82. The Kier molecular flexibility index (Phi) is 4.71. The van der Waals surface area contributed by atoms with Crippen LogP contribution in [0, 0.1) is 12.8 Å². The lowest BCUT2D eigenvalue weighted by Gasteiger charge is -2.24. The molecule has 7 nitrogen and oxygen atoms in total. The molecule has 1 aliphatic carbocycles. The van der Waals surface area contributed by atoms with Crippen molar-refractivity contribution < 1.29 is 19.2 Å². The molecule has 0 radical (unpaired) electrons. The molecule has 0 bridgehead atoms. The van der Waals surface area contributed by atoms with Gasteiger partial charge >= 0.3 is 0 Å². The lowest BCUT2D eigenvalue weighted by Crippen LogP contribution is -2.34. The summed E-state index contributed by atoms with van der Waals surface area (Å²) in [6, 6.07) is 5.75. The van der Waals surface area contributed by atoms with Gasteiger partial charge in [-0.1, -0.05) is 5.16 Å². The van der Waals surface area contributed by atoms with Crippen molar-refractivity contribution in [3.05, 3.63) is 40.6 Å². The van der Waals surface area contributed by atoms with E-state index in [9.17, 15) is 9.59 Å². The van der Waals surface area contributed by atoms with Crippen molar-refractivity contribution in [3.8, 4) is 11.3 Å². The molecule has 28 heavy (non-hydrogen) atoms. The van der Waals surface area contributed by atoms with Gasteiger partial charge in [0.2, 0.25) is 0 Å². The van der Waals surface area contributed by atoms with E-state index in [-0.39, 0.29) is 36.7 Å². The number of aryl methyl sites for hydroxylation is 1. The Bertz CT molecular complexity index is 932. The quantitative estimate of drug-likeness (QED) is 0.828. The van der Waals surface area contributed by atoms with Crippen molar-refractivity contribution in [3.63, 3.8) is 0 Å². The first-order valence-corrected chi connectivity index (χ1v) is 9.68. The van der Waals surface area contributed by atoms with Crippen LogP contribution >= 0.6 is 0 Å². The Morgan fingerprint density at radius 2 is 2.14 bits per heavy atom. The number of rotatable bonds is 6. The molecule has 2 aliphatic rings. The number of carbonyl (C=O) groups excluding carboxylic acids is 2. The summed E-state index contributed by atoms with van der Waals surface area (Å²) in [5.74, 6) is 0.920. The SMILES string of the molecule is Cc1cc(-c2cc(C(=O)N(C)CCO)no2)cc2c1C(=O)N([C@@H](C)C1CC1)C2. The molecule has 4 rings (SSSR count). The molecule has 1 aliphatic heterocycles. The number of fused-ring (bicyclic) bond motifs is 1. The van der Waals surface area contributed by atoms with E-state index in [2.05, 4.69) is 12.1 Å². The monoisotopic (exact) mass is 383 g/mol. The molecule has 1 fully saturated rings. The normalized spacial score (nSPS) is 17.0. The zero-order valence-corrected chi connectivity index (χ0v) is 16.4. The van der Waals surface area contributed by atoms with Crippen LogP contribution in [-0.2, 0) is 6.54 Å². The van der Waals surface area contributed by atoms with Crippen LogP contribution in [-0.4, -0.2) is 58.1 Å². The first kappa shape index (κ1) is 18.7. The molecule has 0 saturated heterocycles. The molecular formula is C21H25N3O4. The van der Waals surface area contributed by atoms with E-state index in [1.165, 1.54) is 17.7 Å². The lowest BCUT2D eigenvalue weighted by atomic mass is 9.99. The molecule has 1 aromatic heterocycles. The van der Waals surface area contributed by atoms with Crippen LogP contribution in [0.1, 0.15) is 51.7 Å². The number of benzene rings is 1. The number of carbonyl (C=O) groups is 2. The standard InChI is InChI=1S/C21H25N3O4/c1-12-8-15(18-10-17(22-28-18)20(26)23(3)6-7-25)9-16-11-24(21(27)19(12)16)13(2)14-4-5-14/h8-10,13-14,25H,4-7,11H2,1-3H3/t13-/m0/s1. The van der Waals surface area contributed by atoms with Crippen molar-refractivity contribution in [2.24, 2.45) is 5.92 Å². The molecule has 1 N–H and O–H groups in total. The van der Waals surface area contributed by atoms with Crippen molar-refractivity contribution in [2.45, 2.75) is 39.3 Å². The lowest BCUT2D eigenvalue weighted by molar-refractivity contribution is 0.0696. The first-order chi connectivity index (χ1) is 13.4. The zero-order chi connectivity index (χ0) is 20.0. The molecule has 2 amide bonds. The third kappa shape index (κ3) is 3.20. The summed E-state index contributed by atoms with van der Waals surface area (Å²) >= 11 is 0. The van der Waals surface area contributed by atoms with Crippen LogP contribution in [0.3, 0.4) is 0 Å². The second kappa shape index (κ2) is 7.05. The average molecular weight is 383 g/mol. The molecule has 1 saturated carbocycles. The number of likely N-dealkylation sites (N-methyl/N-ethyl adjacent to an activating group) is 1. The molecule has 0 unspecified atom stereocenters. The van der Waals surface area contributed by atoms with Crippen LogP contribution in [0.25, 0.3) is 11.3 Å². The van der Waals surface area contributed by atoms with Gasteiger partial charge in [-0.25, -0.2) is 0 Å². The minimum Gasteiger partial charge on any atom is -0.395 e. The van der Waals surface area contributed by atoms with Gasteiger partial charge in [-0.3, -0.25) is 9.59 Å². The minimum absolute atomic E-state index is 0.109. The summed E-state index contributed by atoms with van der Waals surface area (Å²) in [5, 5.41) is 12.9. The summed E-state index contributed by atoms with van der Waals surface area (Å²) in [6.45, 7) is 4.80. The van der Waals surface area contributed by atoms with Gasteiger partial charge in [0.1, 0.15) is 0 Å². The maximum absolute atomic E-state index is 12.9.